The molecule has 1 N–H and O–H groups in total. The van der Waals surface area contributed by atoms with E-state index in [-0.39, 0.29) is 16.4 Å². The number of imidazole rings is 1. The average molecular weight is 457 g/mol. The first-order chi connectivity index (χ1) is 14.1. The summed E-state index contributed by atoms with van der Waals surface area (Å²) < 4.78 is 58.4. The lowest BCUT2D eigenvalue weighted by Gasteiger charge is -2.26. The van der Waals surface area contributed by atoms with Gasteiger partial charge in [-0.25, -0.2) is 21.8 Å². The first-order valence-electron chi connectivity index (χ1n) is 10.2. The number of rotatable bonds is 6. The standard InChI is InChI=1S/C19H28N4O5S2/c1-3-23-17-5-4-15(30(26,27)22-7-9-28-10-8-22)12-16(17)21-18(23)13-20-19(2)6-11-29(24,25)14-19/h4-5,12,20H,3,6-11,13-14H2,1-2H3. The average Bonchev–Trinajstić information content (AvgIpc) is 3.22. The van der Waals surface area contributed by atoms with Crippen LogP contribution in [0.4, 0.5) is 0 Å². The van der Waals surface area contributed by atoms with Crippen molar-refractivity contribution < 1.29 is 21.6 Å². The third kappa shape index (κ3) is 4.13. The Bertz CT molecular complexity index is 1150. The molecule has 0 radical (unpaired) electrons. The van der Waals surface area contributed by atoms with Gasteiger partial charge in [-0.05, 0) is 38.5 Å². The molecule has 2 aliphatic heterocycles. The van der Waals surface area contributed by atoms with Gasteiger partial charge in [0.05, 0.1) is 47.2 Å². The Balaban J connectivity index is 1.61. The highest BCUT2D eigenvalue weighted by Crippen LogP contribution is 2.26. The van der Waals surface area contributed by atoms with Gasteiger partial charge in [0.1, 0.15) is 5.82 Å². The van der Waals surface area contributed by atoms with Gasteiger partial charge < -0.3 is 14.6 Å². The molecule has 2 saturated heterocycles. The quantitative estimate of drug-likeness (QED) is 0.683. The number of sulfonamides is 1. The molecule has 9 nitrogen and oxygen atoms in total. The van der Waals surface area contributed by atoms with Crippen LogP contribution in [-0.2, 0) is 37.7 Å². The van der Waals surface area contributed by atoms with E-state index in [9.17, 15) is 16.8 Å². The summed E-state index contributed by atoms with van der Waals surface area (Å²) in [6, 6.07) is 5.05. The summed E-state index contributed by atoms with van der Waals surface area (Å²) in [6.07, 6.45) is 0.573. The molecule has 0 spiro atoms. The molecular formula is C19H28N4O5S2. The molecule has 0 saturated carbocycles. The van der Waals surface area contributed by atoms with Crippen LogP contribution < -0.4 is 5.32 Å². The second-order valence-electron chi connectivity index (χ2n) is 8.20. The third-order valence-electron chi connectivity index (χ3n) is 5.90. The number of aromatic nitrogens is 2. The Hall–Kier alpha value is -1.53. The number of sulfone groups is 1. The largest absolute Gasteiger partial charge is 0.379 e. The van der Waals surface area contributed by atoms with Crippen molar-refractivity contribution in [1.82, 2.24) is 19.2 Å². The lowest BCUT2D eigenvalue weighted by Crippen LogP contribution is -2.43. The highest BCUT2D eigenvalue weighted by atomic mass is 32.2. The van der Waals surface area contributed by atoms with Crippen LogP contribution >= 0.6 is 0 Å². The van der Waals surface area contributed by atoms with Gasteiger partial charge in [-0.15, -0.1) is 0 Å². The molecule has 1 aromatic carbocycles. The molecule has 0 bridgehead atoms. The highest BCUT2D eigenvalue weighted by molar-refractivity contribution is 7.91. The molecule has 0 aliphatic carbocycles. The minimum absolute atomic E-state index is 0.119. The molecule has 11 heteroatoms. The first-order valence-corrected chi connectivity index (χ1v) is 13.4. The normalized spacial score (nSPS) is 25.1. The maximum Gasteiger partial charge on any atom is 0.243 e. The van der Waals surface area contributed by atoms with Crippen LogP contribution in [0.5, 0.6) is 0 Å². The van der Waals surface area contributed by atoms with E-state index in [1.807, 2.05) is 18.4 Å². The van der Waals surface area contributed by atoms with Crippen LogP contribution in [0.2, 0.25) is 0 Å². The van der Waals surface area contributed by atoms with Gasteiger partial charge in [0.25, 0.3) is 0 Å². The monoisotopic (exact) mass is 456 g/mol. The van der Waals surface area contributed by atoms with E-state index >= 15 is 0 Å². The number of nitrogens with zero attached hydrogens (tertiary/aromatic N) is 3. The van der Waals surface area contributed by atoms with Crippen LogP contribution in [0, 0.1) is 0 Å². The van der Waals surface area contributed by atoms with Crippen LogP contribution in [0.25, 0.3) is 11.0 Å². The summed E-state index contributed by atoms with van der Waals surface area (Å²) in [4.78, 5) is 4.90. The molecule has 2 fully saturated rings. The number of fused-ring (bicyclic) bond motifs is 1. The number of ether oxygens (including phenoxy) is 1. The molecule has 30 heavy (non-hydrogen) atoms. The predicted molar refractivity (Wildman–Crippen MR) is 114 cm³/mol. The van der Waals surface area contributed by atoms with E-state index in [0.29, 0.717) is 51.3 Å². The molecular weight excluding hydrogens is 428 g/mol. The summed E-state index contributed by atoms with van der Waals surface area (Å²) in [5.41, 5.74) is 1.01. The molecule has 3 heterocycles. The van der Waals surface area contributed by atoms with Crippen molar-refractivity contribution in [3.8, 4) is 0 Å². The summed E-state index contributed by atoms with van der Waals surface area (Å²) in [6.45, 7) is 6.51. The summed E-state index contributed by atoms with van der Waals surface area (Å²) in [5.74, 6) is 1.08. The Labute approximate surface area is 177 Å². The molecule has 2 aliphatic rings. The van der Waals surface area contributed by atoms with Crippen molar-refractivity contribution in [3.63, 3.8) is 0 Å². The molecule has 2 aromatic rings. The minimum atomic E-state index is -3.59. The third-order valence-corrected chi connectivity index (χ3v) is 9.70. The zero-order valence-corrected chi connectivity index (χ0v) is 18.9. The second kappa shape index (κ2) is 7.86. The number of benzene rings is 1. The summed E-state index contributed by atoms with van der Waals surface area (Å²) >= 11 is 0. The van der Waals surface area contributed by atoms with Crippen LogP contribution in [0.1, 0.15) is 26.1 Å². The molecule has 1 aromatic heterocycles. The topological polar surface area (TPSA) is 111 Å². The van der Waals surface area contributed by atoms with Crippen molar-refractivity contribution >= 4 is 30.9 Å². The first kappa shape index (κ1) is 21.7. The van der Waals surface area contributed by atoms with Crippen molar-refractivity contribution in [1.29, 1.82) is 0 Å². The van der Waals surface area contributed by atoms with Gasteiger partial charge in [-0.3, -0.25) is 0 Å². The smallest absolute Gasteiger partial charge is 0.243 e. The van der Waals surface area contributed by atoms with Gasteiger partial charge in [0, 0.05) is 25.2 Å². The highest BCUT2D eigenvalue weighted by Gasteiger charge is 2.38. The zero-order chi connectivity index (χ0) is 21.6. The van der Waals surface area contributed by atoms with Crippen LogP contribution in [0.3, 0.4) is 0 Å². The van der Waals surface area contributed by atoms with Gasteiger partial charge in [-0.2, -0.15) is 4.31 Å². The fourth-order valence-electron chi connectivity index (χ4n) is 4.19. The van der Waals surface area contributed by atoms with Crippen molar-refractivity contribution in [3.05, 3.63) is 24.0 Å². The van der Waals surface area contributed by atoms with E-state index in [1.165, 1.54) is 4.31 Å². The summed E-state index contributed by atoms with van der Waals surface area (Å²) in [5, 5.41) is 3.36. The lowest BCUT2D eigenvalue weighted by molar-refractivity contribution is 0.0730. The molecule has 0 amide bonds. The van der Waals surface area contributed by atoms with Crippen molar-refractivity contribution in [2.75, 3.05) is 37.8 Å². The fourth-order valence-corrected chi connectivity index (χ4v) is 7.74. The van der Waals surface area contributed by atoms with Crippen LogP contribution in [0.15, 0.2) is 23.1 Å². The van der Waals surface area contributed by atoms with Gasteiger partial charge in [0.2, 0.25) is 10.0 Å². The van der Waals surface area contributed by atoms with E-state index in [0.717, 1.165) is 11.3 Å². The van der Waals surface area contributed by atoms with Gasteiger partial charge in [0.15, 0.2) is 9.84 Å². The maximum absolute atomic E-state index is 13.0. The number of aryl methyl sites for hydroxylation is 1. The molecule has 1 unspecified atom stereocenters. The maximum atomic E-state index is 13.0. The number of hydrogen-bond acceptors (Lipinski definition) is 7. The van der Waals surface area contributed by atoms with Crippen molar-refractivity contribution in [2.45, 2.75) is 43.8 Å². The number of nitrogens with one attached hydrogen (secondary N) is 1. The van der Waals surface area contributed by atoms with E-state index in [1.54, 1.807) is 18.2 Å². The lowest BCUT2D eigenvalue weighted by atomic mass is 10.0. The fraction of sp³-hybridized carbons (Fsp3) is 0.632. The molecule has 4 rings (SSSR count). The molecule has 166 valence electrons. The predicted octanol–water partition coefficient (Wildman–Crippen LogP) is 0.744. The van der Waals surface area contributed by atoms with Crippen LogP contribution in [-0.4, -0.2) is 74.0 Å². The van der Waals surface area contributed by atoms with Crippen molar-refractivity contribution in [2.24, 2.45) is 0 Å². The number of hydrogen-bond donors (Lipinski definition) is 1. The minimum Gasteiger partial charge on any atom is -0.379 e. The zero-order valence-electron chi connectivity index (χ0n) is 17.3. The van der Waals surface area contributed by atoms with E-state index in [4.69, 9.17) is 4.74 Å². The van der Waals surface area contributed by atoms with Gasteiger partial charge >= 0.3 is 0 Å². The Morgan fingerprint density at radius 3 is 2.63 bits per heavy atom. The number of morpholine rings is 1. The summed E-state index contributed by atoms with van der Waals surface area (Å²) in [7, 11) is -6.59. The second-order valence-corrected chi connectivity index (χ2v) is 12.3. The van der Waals surface area contributed by atoms with E-state index in [2.05, 4.69) is 10.3 Å². The Morgan fingerprint density at radius 1 is 1.27 bits per heavy atom. The van der Waals surface area contributed by atoms with E-state index < -0.39 is 25.4 Å². The SMILES string of the molecule is CCn1c(CNC2(C)CCS(=O)(=O)C2)nc2cc(S(=O)(=O)N3CCOCC3)ccc21. The Kier molecular flexibility index (Phi) is 5.69. The molecule has 1 atom stereocenters. The van der Waals surface area contributed by atoms with Gasteiger partial charge in [-0.1, -0.05) is 0 Å². The Morgan fingerprint density at radius 2 is 2.00 bits per heavy atom.